The highest BCUT2D eigenvalue weighted by molar-refractivity contribution is 5.93. The molecule has 150 valence electrons. The van der Waals surface area contributed by atoms with Gasteiger partial charge in [0.05, 0.1) is 0 Å². The van der Waals surface area contributed by atoms with Crippen LogP contribution in [0.3, 0.4) is 0 Å². The Labute approximate surface area is 167 Å². The lowest BCUT2D eigenvalue weighted by molar-refractivity contribution is -0.118. The van der Waals surface area contributed by atoms with E-state index in [4.69, 9.17) is 4.74 Å². The number of hydrogen-bond acceptors (Lipinski definition) is 3. The summed E-state index contributed by atoms with van der Waals surface area (Å²) in [6, 6.07) is 14.9. The van der Waals surface area contributed by atoms with Crippen LogP contribution in [0.25, 0.3) is 0 Å². The molecule has 28 heavy (non-hydrogen) atoms. The largest absolute Gasteiger partial charge is 0.483 e. The first-order valence-electron chi connectivity index (χ1n) is 9.80. The third-order valence-corrected chi connectivity index (χ3v) is 4.47. The fourth-order valence-corrected chi connectivity index (χ4v) is 2.80. The Balaban J connectivity index is 1.88. The Morgan fingerprint density at radius 1 is 0.893 bits per heavy atom. The van der Waals surface area contributed by atoms with Crippen molar-refractivity contribution in [3.63, 3.8) is 0 Å². The van der Waals surface area contributed by atoms with Crippen LogP contribution in [0.2, 0.25) is 0 Å². The molecule has 1 unspecified atom stereocenters. The predicted octanol–water partition coefficient (Wildman–Crippen LogP) is 5.20. The summed E-state index contributed by atoms with van der Waals surface area (Å²) in [5, 5.41) is 5.66. The molecule has 2 rings (SSSR count). The first-order valence-corrected chi connectivity index (χ1v) is 9.80. The lowest BCUT2D eigenvalue weighted by Crippen LogP contribution is -2.20. The number of hydrogen-bond donors (Lipinski definition) is 2. The lowest BCUT2D eigenvalue weighted by Gasteiger charge is -2.15. The molecule has 0 fully saturated rings. The second-order valence-corrected chi connectivity index (χ2v) is 7.41. The Bertz CT molecular complexity index is 785. The van der Waals surface area contributed by atoms with E-state index in [1.165, 1.54) is 0 Å². The van der Waals surface area contributed by atoms with Gasteiger partial charge in [0.1, 0.15) is 5.75 Å². The molecule has 0 aliphatic rings. The minimum atomic E-state index is -0.226. The molecule has 0 aromatic heterocycles. The van der Waals surface area contributed by atoms with Gasteiger partial charge < -0.3 is 15.4 Å². The van der Waals surface area contributed by atoms with Crippen molar-refractivity contribution in [2.24, 2.45) is 5.92 Å². The van der Waals surface area contributed by atoms with Gasteiger partial charge in [0, 0.05) is 17.8 Å². The minimum absolute atomic E-state index is 0.0137. The van der Waals surface area contributed by atoms with Crippen molar-refractivity contribution in [2.75, 3.05) is 17.2 Å². The van der Waals surface area contributed by atoms with Crippen molar-refractivity contribution in [1.82, 2.24) is 0 Å². The molecule has 0 saturated carbocycles. The topological polar surface area (TPSA) is 67.4 Å². The zero-order chi connectivity index (χ0) is 20.5. The minimum Gasteiger partial charge on any atom is -0.483 e. The van der Waals surface area contributed by atoms with Gasteiger partial charge in [-0.1, -0.05) is 45.9 Å². The number of nitrogens with one attached hydrogen (secondary N) is 2. The molecule has 0 heterocycles. The summed E-state index contributed by atoms with van der Waals surface area (Å²) in [5.74, 6) is 1.19. The molecule has 5 heteroatoms. The van der Waals surface area contributed by atoms with Crippen molar-refractivity contribution in [3.8, 4) is 5.75 Å². The van der Waals surface area contributed by atoms with Crippen LogP contribution in [-0.4, -0.2) is 18.4 Å². The highest BCUT2D eigenvalue weighted by atomic mass is 16.5. The number of amides is 2. The molecule has 1 atom stereocenters. The normalized spacial score (nSPS) is 11.8. The molecule has 0 spiro atoms. The number of rotatable bonds is 9. The molecule has 5 nitrogen and oxygen atoms in total. The molecule has 0 aliphatic heterocycles. The van der Waals surface area contributed by atoms with E-state index in [0.717, 1.165) is 17.7 Å². The summed E-state index contributed by atoms with van der Waals surface area (Å²) in [6.07, 6.45) is 1.49. The second kappa shape index (κ2) is 10.5. The summed E-state index contributed by atoms with van der Waals surface area (Å²) in [6.45, 7) is 8.22. The van der Waals surface area contributed by atoms with Crippen LogP contribution in [0.5, 0.6) is 5.75 Å². The maximum atomic E-state index is 12.2. The van der Waals surface area contributed by atoms with Gasteiger partial charge >= 0.3 is 0 Å². The number of carbonyl (C=O) groups excluding carboxylic acids is 2. The van der Waals surface area contributed by atoms with Gasteiger partial charge in [-0.15, -0.1) is 0 Å². The highest BCUT2D eigenvalue weighted by Crippen LogP contribution is 2.28. The van der Waals surface area contributed by atoms with Crippen LogP contribution in [0.1, 0.15) is 52.0 Å². The van der Waals surface area contributed by atoms with Crippen molar-refractivity contribution in [3.05, 3.63) is 54.1 Å². The molecule has 0 radical (unpaired) electrons. The van der Waals surface area contributed by atoms with E-state index >= 15 is 0 Å². The fraction of sp³-hybridized carbons (Fsp3) is 0.391. The van der Waals surface area contributed by atoms with Crippen LogP contribution in [0.4, 0.5) is 11.4 Å². The summed E-state index contributed by atoms with van der Waals surface area (Å²) >= 11 is 0. The number of benzene rings is 2. The number of anilines is 2. The second-order valence-electron chi connectivity index (χ2n) is 7.41. The van der Waals surface area contributed by atoms with E-state index in [2.05, 4.69) is 24.5 Å². The van der Waals surface area contributed by atoms with Gasteiger partial charge in [0.2, 0.25) is 5.91 Å². The number of carbonyl (C=O) groups is 2. The van der Waals surface area contributed by atoms with E-state index in [9.17, 15) is 9.59 Å². The summed E-state index contributed by atoms with van der Waals surface area (Å²) < 4.78 is 5.74. The lowest BCUT2D eigenvalue weighted by atomic mass is 9.98. The van der Waals surface area contributed by atoms with Crippen LogP contribution in [0.15, 0.2) is 48.5 Å². The molecule has 0 bridgehead atoms. The number of ether oxygens (including phenoxy) is 1. The van der Waals surface area contributed by atoms with Gasteiger partial charge in [0.25, 0.3) is 5.91 Å². The van der Waals surface area contributed by atoms with Gasteiger partial charge in [-0.2, -0.15) is 0 Å². The fourth-order valence-electron chi connectivity index (χ4n) is 2.80. The van der Waals surface area contributed by atoms with E-state index in [0.29, 0.717) is 29.6 Å². The van der Waals surface area contributed by atoms with Gasteiger partial charge in [0.15, 0.2) is 6.61 Å². The SMILES string of the molecule is CCC(C)c1ccccc1OCC(=O)Nc1ccc(NC(=O)CC(C)C)cc1. The summed E-state index contributed by atoms with van der Waals surface area (Å²) in [7, 11) is 0. The smallest absolute Gasteiger partial charge is 0.262 e. The van der Waals surface area contributed by atoms with Crippen LogP contribution < -0.4 is 15.4 Å². The summed E-state index contributed by atoms with van der Waals surface area (Å²) in [5.41, 5.74) is 2.48. The van der Waals surface area contributed by atoms with Crippen molar-refractivity contribution in [2.45, 2.75) is 46.5 Å². The zero-order valence-corrected chi connectivity index (χ0v) is 17.1. The Morgan fingerprint density at radius 2 is 1.46 bits per heavy atom. The standard InChI is InChI=1S/C23H30N2O3/c1-5-17(4)20-8-6-7-9-21(20)28-15-23(27)25-19-12-10-18(11-13-19)24-22(26)14-16(2)3/h6-13,16-17H,5,14-15H2,1-4H3,(H,24,26)(H,25,27). The quantitative estimate of drug-likeness (QED) is 0.626. The third kappa shape index (κ3) is 6.72. The molecule has 0 aliphatic carbocycles. The molecule has 2 N–H and O–H groups in total. The van der Waals surface area contributed by atoms with Crippen LogP contribution in [-0.2, 0) is 9.59 Å². The Kier molecular flexibility index (Phi) is 8.05. The van der Waals surface area contributed by atoms with E-state index in [1.807, 2.05) is 38.1 Å². The molecular weight excluding hydrogens is 352 g/mol. The first kappa shape index (κ1) is 21.5. The van der Waals surface area contributed by atoms with Gasteiger partial charge in [-0.3, -0.25) is 9.59 Å². The zero-order valence-electron chi connectivity index (χ0n) is 17.1. The average Bonchev–Trinajstić information content (AvgIpc) is 2.67. The molecule has 2 amide bonds. The van der Waals surface area contributed by atoms with Crippen LogP contribution >= 0.6 is 0 Å². The van der Waals surface area contributed by atoms with Crippen molar-refractivity contribution in [1.29, 1.82) is 0 Å². The maximum Gasteiger partial charge on any atom is 0.262 e. The van der Waals surface area contributed by atoms with E-state index in [-0.39, 0.29) is 18.4 Å². The van der Waals surface area contributed by atoms with Gasteiger partial charge in [-0.05, 0) is 54.2 Å². The first-order chi connectivity index (χ1) is 13.4. The average molecular weight is 383 g/mol. The molecule has 2 aromatic carbocycles. The van der Waals surface area contributed by atoms with E-state index in [1.54, 1.807) is 24.3 Å². The third-order valence-electron chi connectivity index (χ3n) is 4.47. The molecular formula is C23H30N2O3. The van der Waals surface area contributed by atoms with Crippen LogP contribution in [0, 0.1) is 5.92 Å². The van der Waals surface area contributed by atoms with Crippen molar-refractivity contribution >= 4 is 23.2 Å². The monoisotopic (exact) mass is 382 g/mol. The summed E-state index contributed by atoms with van der Waals surface area (Å²) in [4.78, 5) is 24.0. The molecule has 0 saturated heterocycles. The predicted molar refractivity (Wildman–Crippen MR) is 114 cm³/mol. The Hall–Kier alpha value is -2.82. The maximum absolute atomic E-state index is 12.2. The molecule has 2 aromatic rings. The Morgan fingerprint density at radius 3 is 2.04 bits per heavy atom. The van der Waals surface area contributed by atoms with Crippen molar-refractivity contribution < 1.29 is 14.3 Å². The van der Waals surface area contributed by atoms with E-state index < -0.39 is 0 Å². The van der Waals surface area contributed by atoms with Gasteiger partial charge in [-0.25, -0.2) is 0 Å². The highest BCUT2D eigenvalue weighted by Gasteiger charge is 2.11. The number of para-hydroxylation sites is 1.